The Morgan fingerprint density at radius 1 is 1.16 bits per heavy atom. The van der Waals surface area contributed by atoms with E-state index in [1.165, 1.54) is 0 Å². The molecule has 2 unspecified atom stereocenters. The second kappa shape index (κ2) is 7.56. The van der Waals surface area contributed by atoms with Gasteiger partial charge in [0.15, 0.2) is 0 Å². The van der Waals surface area contributed by atoms with E-state index in [0.29, 0.717) is 0 Å². The summed E-state index contributed by atoms with van der Waals surface area (Å²) in [6, 6.07) is 10.1. The molecule has 2 nitrogen and oxygen atoms in total. The number of nitrogens with zero attached hydrogens (tertiary/aromatic N) is 1. The number of halogens is 2. The third-order valence-corrected chi connectivity index (χ3v) is 3.43. The topological polar surface area (TPSA) is 15.3 Å². The second-order valence-corrected chi connectivity index (χ2v) is 5.24. The normalized spacial score (nSPS) is 15.2. The van der Waals surface area contributed by atoms with E-state index < -0.39 is 6.43 Å². The fourth-order valence-corrected chi connectivity index (χ4v) is 2.68. The van der Waals surface area contributed by atoms with Gasteiger partial charge in [-0.25, -0.2) is 8.78 Å². The molecule has 0 saturated heterocycles. The SMILES string of the molecule is CNC(c1ccccc1)C(C(C)C)N(C)CC(F)F. The van der Waals surface area contributed by atoms with Gasteiger partial charge in [0.05, 0.1) is 6.54 Å². The largest absolute Gasteiger partial charge is 0.312 e. The van der Waals surface area contributed by atoms with Gasteiger partial charge in [-0.2, -0.15) is 0 Å². The van der Waals surface area contributed by atoms with Crippen molar-refractivity contribution in [3.63, 3.8) is 0 Å². The zero-order chi connectivity index (χ0) is 14.4. The monoisotopic (exact) mass is 270 g/mol. The maximum absolute atomic E-state index is 12.6. The smallest absolute Gasteiger partial charge is 0.251 e. The maximum atomic E-state index is 12.6. The maximum Gasteiger partial charge on any atom is 0.251 e. The molecule has 0 saturated carbocycles. The van der Waals surface area contributed by atoms with Crippen LogP contribution in [-0.4, -0.2) is 38.0 Å². The van der Waals surface area contributed by atoms with E-state index in [2.05, 4.69) is 19.2 Å². The Bertz CT molecular complexity index is 354. The molecule has 0 bridgehead atoms. The summed E-state index contributed by atoms with van der Waals surface area (Å²) >= 11 is 0. The zero-order valence-corrected chi connectivity index (χ0v) is 12.1. The highest BCUT2D eigenvalue weighted by atomic mass is 19.3. The number of rotatable bonds is 7. The molecule has 4 heteroatoms. The van der Waals surface area contributed by atoms with Gasteiger partial charge in [-0.05, 0) is 25.6 Å². The first-order valence-electron chi connectivity index (χ1n) is 6.68. The van der Waals surface area contributed by atoms with Crippen molar-refractivity contribution >= 4 is 0 Å². The van der Waals surface area contributed by atoms with Crippen molar-refractivity contribution < 1.29 is 8.78 Å². The Labute approximate surface area is 114 Å². The first kappa shape index (κ1) is 16.1. The van der Waals surface area contributed by atoms with Crippen molar-refractivity contribution in [1.29, 1.82) is 0 Å². The first-order valence-corrected chi connectivity index (χ1v) is 6.68. The van der Waals surface area contributed by atoms with Crippen LogP contribution in [0.3, 0.4) is 0 Å². The average Bonchev–Trinajstić information content (AvgIpc) is 2.35. The Morgan fingerprint density at radius 2 is 1.74 bits per heavy atom. The summed E-state index contributed by atoms with van der Waals surface area (Å²) < 4.78 is 25.2. The van der Waals surface area contributed by atoms with Crippen LogP contribution in [0.15, 0.2) is 30.3 Å². The van der Waals surface area contributed by atoms with E-state index in [-0.39, 0.29) is 24.5 Å². The van der Waals surface area contributed by atoms with Crippen LogP contribution in [0, 0.1) is 5.92 Å². The summed E-state index contributed by atoms with van der Waals surface area (Å²) in [7, 11) is 3.65. The molecule has 1 aromatic carbocycles. The van der Waals surface area contributed by atoms with Crippen LogP contribution in [-0.2, 0) is 0 Å². The number of alkyl halides is 2. The van der Waals surface area contributed by atoms with Crippen molar-refractivity contribution in [3.05, 3.63) is 35.9 Å². The number of hydrogen-bond donors (Lipinski definition) is 1. The Balaban J connectivity index is 2.95. The highest BCUT2D eigenvalue weighted by Gasteiger charge is 2.29. The summed E-state index contributed by atoms with van der Waals surface area (Å²) in [6.07, 6.45) is -2.31. The molecule has 1 aromatic rings. The molecular formula is C15H24F2N2. The predicted molar refractivity (Wildman–Crippen MR) is 75.5 cm³/mol. The lowest BCUT2D eigenvalue weighted by atomic mass is 9.90. The number of nitrogens with one attached hydrogen (secondary N) is 1. The van der Waals surface area contributed by atoms with Gasteiger partial charge in [-0.3, -0.25) is 4.90 Å². The van der Waals surface area contributed by atoms with Crippen molar-refractivity contribution in [2.45, 2.75) is 32.4 Å². The molecule has 19 heavy (non-hydrogen) atoms. The van der Waals surface area contributed by atoms with E-state index in [9.17, 15) is 8.78 Å². The molecule has 1 rings (SSSR count). The molecule has 0 aromatic heterocycles. The first-order chi connectivity index (χ1) is 8.97. The van der Waals surface area contributed by atoms with E-state index >= 15 is 0 Å². The molecule has 0 fully saturated rings. The molecule has 2 atom stereocenters. The molecule has 0 aliphatic carbocycles. The molecular weight excluding hydrogens is 246 g/mol. The van der Waals surface area contributed by atoms with Gasteiger partial charge >= 0.3 is 0 Å². The Kier molecular flexibility index (Phi) is 6.38. The second-order valence-electron chi connectivity index (χ2n) is 5.24. The van der Waals surface area contributed by atoms with Gasteiger partial charge in [-0.15, -0.1) is 0 Å². The van der Waals surface area contributed by atoms with Crippen LogP contribution in [0.1, 0.15) is 25.5 Å². The van der Waals surface area contributed by atoms with Crippen molar-refractivity contribution in [1.82, 2.24) is 10.2 Å². The van der Waals surface area contributed by atoms with E-state index in [4.69, 9.17) is 0 Å². The summed E-state index contributed by atoms with van der Waals surface area (Å²) in [5, 5.41) is 3.27. The minimum atomic E-state index is -2.31. The van der Waals surface area contributed by atoms with Gasteiger partial charge < -0.3 is 5.32 Å². The minimum absolute atomic E-state index is 0.0291. The average molecular weight is 270 g/mol. The van der Waals surface area contributed by atoms with E-state index in [1.807, 2.05) is 37.4 Å². The van der Waals surface area contributed by atoms with E-state index in [1.54, 1.807) is 11.9 Å². The fourth-order valence-electron chi connectivity index (χ4n) is 2.68. The Hall–Kier alpha value is -1.00. The molecule has 1 N–H and O–H groups in total. The van der Waals surface area contributed by atoms with Gasteiger partial charge in [0.2, 0.25) is 0 Å². The molecule has 0 spiro atoms. The highest BCUT2D eigenvalue weighted by Crippen LogP contribution is 2.26. The van der Waals surface area contributed by atoms with Crippen LogP contribution < -0.4 is 5.32 Å². The molecule has 0 heterocycles. The van der Waals surface area contributed by atoms with Crippen LogP contribution in [0.25, 0.3) is 0 Å². The molecule has 0 aliphatic rings. The summed E-state index contributed by atoms with van der Waals surface area (Å²) in [5.74, 6) is 0.279. The third kappa shape index (κ3) is 4.55. The summed E-state index contributed by atoms with van der Waals surface area (Å²) in [4.78, 5) is 1.75. The van der Waals surface area contributed by atoms with Crippen LogP contribution in [0.4, 0.5) is 8.78 Å². The third-order valence-electron chi connectivity index (χ3n) is 3.43. The standard InChI is InChI=1S/C15H24F2N2/c1-11(2)15(19(4)10-13(16)17)14(18-3)12-8-6-5-7-9-12/h5-9,11,13-15,18H,10H2,1-4H3. The van der Waals surface area contributed by atoms with Gasteiger partial charge in [0.1, 0.15) is 0 Å². The number of hydrogen-bond acceptors (Lipinski definition) is 2. The zero-order valence-electron chi connectivity index (χ0n) is 12.1. The van der Waals surface area contributed by atoms with Gasteiger partial charge in [-0.1, -0.05) is 44.2 Å². The lowest BCUT2D eigenvalue weighted by Crippen LogP contribution is -2.46. The van der Waals surface area contributed by atoms with Crippen LogP contribution in [0.5, 0.6) is 0 Å². The molecule has 0 aliphatic heterocycles. The van der Waals surface area contributed by atoms with Crippen LogP contribution in [0.2, 0.25) is 0 Å². The molecule has 108 valence electrons. The number of likely N-dealkylation sites (N-methyl/N-ethyl adjacent to an activating group) is 2. The molecule has 0 radical (unpaired) electrons. The van der Waals surface area contributed by atoms with Crippen LogP contribution >= 0.6 is 0 Å². The summed E-state index contributed by atoms with van der Waals surface area (Å²) in [5.41, 5.74) is 1.13. The van der Waals surface area contributed by atoms with E-state index in [0.717, 1.165) is 5.56 Å². The fraction of sp³-hybridized carbons (Fsp3) is 0.600. The van der Waals surface area contributed by atoms with Gasteiger partial charge in [0, 0.05) is 12.1 Å². The Morgan fingerprint density at radius 3 is 2.16 bits per heavy atom. The van der Waals surface area contributed by atoms with Crippen molar-refractivity contribution in [2.24, 2.45) is 5.92 Å². The lowest BCUT2D eigenvalue weighted by molar-refractivity contribution is 0.0563. The van der Waals surface area contributed by atoms with Crippen molar-refractivity contribution in [2.75, 3.05) is 20.6 Å². The minimum Gasteiger partial charge on any atom is -0.312 e. The molecule has 0 amide bonds. The highest BCUT2D eigenvalue weighted by molar-refractivity contribution is 5.21. The van der Waals surface area contributed by atoms with Crippen molar-refractivity contribution in [3.8, 4) is 0 Å². The lowest BCUT2D eigenvalue weighted by Gasteiger charge is -2.37. The summed E-state index contributed by atoms with van der Waals surface area (Å²) in [6.45, 7) is 3.94. The van der Waals surface area contributed by atoms with Gasteiger partial charge in [0.25, 0.3) is 6.43 Å². The predicted octanol–water partition coefficient (Wildman–Crippen LogP) is 3.17. The number of benzene rings is 1. The quantitative estimate of drug-likeness (QED) is 0.818.